The van der Waals surface area contributed by atoms with Gasteiger partial charge in [-0.3, -0.25) is 0 Å². The van der Waals surface area contributed by atoms with Gasteiger partial charge in [-0.1, -0.05) is 115 Å². The predicted octanol–water partition coefficient (Wildman–Crippen LogP) is 10.8. The van der Waals surface area contributed by atoms with E-state index in [1.165, 1.54) is 26.2 Å². The fourth-order valence-electron chi connectivity index (χ4n) is 5.60. The van der Waals surface area contributed by atoms with Gasteiger partial charge in [-0.05, 0) is 71.9 Å². The molecule has 172 valence electrons. The SMILES string of the molecule is [2H]c1c([2H])c([2H])c2c([2H])c3c(-c4csc5c4ccc4c6ccccc6ccc45)c(-c4ccccc4)ccc3cc2c1[2H]. The van der Waals surface area contributed by atoms with Gasteiger partial charge in [0.1, 0.15) is 0 Å². The molecular formula is C36H22S. The second kappa shape index (κ2) is 8.03. The van der Waals surface area contributed by atoms with Gasteiger partial charge in [0.2, 0.25) is 0 Å². The fourth-order valence-corrected chi connectivity index (χ4v) is 6.69. The third kappa shape index (κ3) is 3.15. The quantitative estimate of drug-likeness (QED) is 0.167. The zero-order valence-corrected chi connectivity index (χ0v) is 20.5. The van der Waals surface area contributed by atoms with E-state index < -0.39 is 0 Å². The molecule has 0 fully saturated rings. The topological polar surface area (TPSA) is 0 Å². The van der Waals surface area contributed by atoms with Crippen molar-refractivity contribution >= 4 is 64.5 Å². The Balaban J connectivity index is 1.53. The first-order valence-electron chi connectivity index (χ1n) is 14.8. The highest BCUT2D eigenvalue weighted by atomic mass is 32.1. The molecule has 1 heteroatoms. The summed E-state index contributed by atoms with van der Waals surface area (Å²) in [5, 5.41) is 10.2. The Morgan fingerprint density at radius 3 is 2.19 bits per heavy atom. The first-order chi connectivity index (χ1) is 20.4. The number of hydrogen-bond donors (Lipinski definition) is 0. The van der Waals surface area contributed by atoms with Crippen molar-refractivity contribution < 1.29 is 6.85 Å². The summed E-state index contributed by atoms with van der Waals surface area (Å²) < 4.78 is 44.3. The van der Waals surface area contributed by atoms with Crippen molar-refractivity contribution in [2.75, 3.05) is 0 Å². The summed E-state index contributed by atoms with van der Waals surface area (Å²) in [7, 11) is 0. The highest BCUT2D eigenvalue weighted by molar-refractivity contribution is 7.18. The summed E-state index contributed by atoms with van der Waals surface area (Å²) in [5.74, 6) is 0. The van der Waals surface area contributed by atoms with Gasteiger partial charge < -0.3 is 0 Å². The molecular weight excluding hydrogens is 464 g/mol. The minimum absolute atomic E-state index is 0.116. The molecule has 8 aromatic rings. The van der Waals surface area contributed by atoms with Crippen LogP contribution in [0.5, 0.6) is 0 Å². The van der Waals surface area contributed by atoms with Crippen LogP contribution >= 0.6 is 11.3 Å². The average molecular weight is 492 g/mol. The number of thiophene rings is 1. The zero-order valence-electron chi connectivity index (χ0n) is 24.7. The summed E-state index contributed by atoms with van der Waals surface area (Å²) in [6.45, 7) is 0. The molecule has 0 unspecified atom stereocenters. The van der Waals surface area contributed by atoms with Gasteiger partial charge in [-0.25, -0.2) is 0 Å². The van der Waals surface area contributed by atoms with E-state index in [4.69, 9.17) is 5.48 Å². The molecule has 0 saturated carbocycles. The van der Waals surface area contributed by atoms with Crippen LogP contribution in [-0.4, -0.2) is 0 Å². The van der Waals surface area contributed by atoms with E-state index in [9.17, 15) is 1.37 Å². The van der Waals surface area contributed by atoms with E-state index in [1.54, 1.807) is 11.3 Å². The van der Waals surface area contributed by atoms with Crippen molar-refractivity contribution in [3.05, 3.63) is 133 Å². The second-order valence-corrected chi connectivity index (χ2v) is 10.2. The number of rotatable bonds is 2. The van der Waals surface area contributed by atoms with Gasteiger partial charge in [0.25, 0.3) is 0 Å². The minimum Gasteiger partial charge on any atom is -0.142 e. The molecule has 1 aromatic heterocycles. The molecule has 0 radical (unpaired) electrons. The van der Waals surface area contributed by atoms with Crippen molar-refractivity contribution in [3.63, 3.8) is 0 Å². The van der Waals surface area contributed by atoms with Crippen LogP contribution in [0.1, 0.15) is 6.85 Å². The lowest BCUT2D eigenvalue weighted by molar-refractivity contribution is 1.64. The third-order valence-corrected chi connectivity index (χ3v) is 8.35. The van der Waals surface area contributed by atoms with Gasteiger partial charge >= 0.3 is 0 Å². The maximum Gasteiger partial charge on any atom is 0.0636 e. The van der Waals surface area contributed by atoms with Crippen molar-refractivity contribution in [3.8, 4) is 22.3 Å². The Morgan fingerprint density at radius 2 is 1.27 bits per heavy atom. The second-order valence-electron chi connectivity index (χ2n) is 9.35. The summed E-state index contributed by atoms with van der Waals surface area (Å²) >= 11 is 1.70. The lowest BCUT2D eigenvalue weighted by Gasteiger charge is -2.15. The Labute approximate surface area is 226 Å². The Morgan fingerprint density at radius 1 is 0.514 bits per heavy atom. The predicted molar refractivity (Wildman–Crippen MR) is 163 cm³/mol. The van der Waals surface area contributed by atoms with Crippen LogP contribution in [0.15, 0.2) is 133 Å². The molecule has 0 aliphatic heterocycles. The molecule has 8 rings (SSSR count). The van der Waals surface area contributed by atoms with E-state index in [2.05, 4.69) is 72.1 Å². The molecule has 0 atom stereocenters. The van der Waals surface area contributed by atoms with Gasteiger partial charge in [0.15, 0.2) is 0 Å². The largest absolute Gasteiger partial charge is 0.142 e. The van der Waals surface area contributed by atoms with Crippen LogP contribution < -0.4 is 0 Å². The molecule has 0 spiro atoms. The van der Waals surface area contributed by atoms with E-state index >= 15 is 0 Å². The molecule has 1 heterocycles. The van der Waals surface area contributed by atoms with Crippen molar-refractivity contribution in [2.45, 2.75) is 0 Å². The summed E-state index contributed by atoms with van der Waals surface area (Å²) in [4.78, 5) is 0. The lowest BCUT2D eigenvalue weighted by Crippen LogP contribution is -1.88. The molecule has 0 bridgehead atoms. The lowest BCUT2D eigenvalue weighted by atomic mass is 9.88. The van der Waals surface area contributed by atoms with Crippen LogP contribution in [0.25, 0.3) is 75.4 Å². The Bertz CT molecular complexity index is 2410. The van der Waals surface area contributed by atoms with Gasteiger partial charge in [-0.15, -0.1) is 11.3 Å². The van der Waals surface area contributed by atoms with Crippen molar-refractivity contribution in [1.82, 2.24) is 0 Å². The minimum atomic E-state index is -0.319. The van der Waals surface area contributed by atoms with E-state index in [0.717, 1.165) is 33.0 Å². The molecule has 0 saturated heterocycles. The monoisotopic (exact) mass is 491 g/mol. The Hall–Kier alpha value is -4.46. The van der Waals surface area contributed by atoms with E-state index in [-0.39, 0.29) is 35.6 Å². The smallest absolute Gasteiger partial charge is 0.0636 e. The third-order valence-electron chi connectivity index (χ3n) is 7.32. The molecule has 37 heavy (non-hydrogen) atoms. The number of benzene rings is 7. The summed E-state index contributed by atoms with van der Waals surface area (Å²) in [6.07, 6.45) is 0. The van der Waals surface area contributed by atoms with Crippen LogP contribution in [0.4, 0.5) is 0 Å². The molecule has 0 amide bonds. The highest BCUT2D eigenvalue weighted by Crippen LogP contribution is 2.46. The molecule has 7 aromatic carbocycles. The van der Waals surface area contributed by atoms with Crippen LogP contribution in [-0.2, 0) is 0 Å². The summed E-state index contributed by atoms with van der Waals surface area (Å²) in [5.41, 5.74) is 3.93. The molecule has 0 aliphatic carbocycles. The van der Waals surface area contributed by atoms with Crippen LogP contribution in [0.2, 0.25) is 0 Å². The van der Waals surface area contributed by atoms with Gasteiger partial charge in [0.05, 0.1) is 6.85 Å². The fraction of sp³-hybridized carbons (Fsp3) is 0. The normalized spacial score (nSPS) is 13.7. The number of fused-ring (bicyclic) bond motifs is 7. The highest BCUT2D eigenvalue weighted by Gasteiger charge is 2.17. The summed E-state index contributed by atoms with van der Waals surface area (Å²) in [6, 6.07) is 32.4. The molecule has 0 aliphatic rings. The standard InChI is InChI=1S/C36H22S/c1-2-8-23(9-3-1)29-16-15-27-20-25-11-4-5-12-26(25)21-33(27)35(29)34-22-37-36-31-17-14-24-10-6-7-13-28(24)30(31)18-19-32(34)36/h1-22H/i4D,5D,11D,12D,21D. The van der Waals surface area contributed by atoms with E-state index in [1.807, 2.05) is 30.3 Å². The maximum absolute atomic E-state index is 9.42. The first kappa shape index (κ1) is 16.3. The van der Waals surface area contributed by atoms with E-state index in [0.29, 0.717) is 10.8 Å². The first-order valence-corrected chi connectivity index (χ1v) is 13.2. The molecule has 0 nitrogen and oxygen atoms in total. The van der Waals surface area contributed by atoms with Crippen LogP contribution in [0.3, 0.4) is 0 Å². The number of hydrogen-bond acceptors (Lipinski definition) is 1. The zero-order chi connectivity index (χ0) is 28.7. The van der Waals surface area contributed by atoms with Crippen molar-refractivity contribution in [2.24, 2.45) is 0 Å². The average Bonchev–Trinajstić information content (AvgIpc) is 3.46. The van der Waals surface area contributed by atoms with Gasteiger partial charge in [-0.2, -0.15) is 0 Å². The Kier molecular flexibility index (Phi) is 3.54. The van der Waals surface area contributed by atoms with Gasteiger partial charge in [0, 0.05) is 21.0 Å². The maximum atomic E-state index is 9.42. The van der Waals surface area contributed by atoms with Crippen LogP contribution in [0, 0.1) is 0 Å². The van der Waals surface area contributed by atoms with Crippen molar-refractivity contribution in [1.29, 1.82) is 0 Å². The molecule has 0 N–H and O–H groups in total.